The summed E-state index contributed by atoms with van der Waals surface area (Å²) < 4.78 is 0. The molecule has 1 aromatic carbocycles. The zero-order chi connectivity index (χ0) is 7.68. The lowest BCUT2D eigenvalue weighted by Crippen LogP contribution is -2.03. The first-order valence-electron chi connectivity index (χ1n) is 3.66. The Morgan fingerprint density at radius 1 is 1.27 bits per heavy atom. The van der Waals surface area contributed by atoms with Crippen LogP contribution < -0.4 is 0 Å². The third kappa shape index (κ3) is 1.17. The summed E-state index contributed by atoms with van der Waals surface area (Å²) in [7, 11) is 0. The maximum absolute atomic E-state index is 8.72. The number of nitrogens with zero attached hydrogens (tertiary/aromatic N) is 1. The highest BCUT2D eigenvalue weighted by Crippen LogP contribution is 2.18. The molecule has 56 valence electrons. The molecular formula is C9H9NO. The standard InChI is InChI=1S/C9H9NO/c11-6-8-9(10-8)7-4-2-1-3-5-7/h1-5,8,11H,6H2/t8-/m1/s1. The van der Waals surface area contributed by atoms with E-state index in [0.29, 0.717) is 0 Å². The molecule has 2 rings (SSSR count). The van der Waals surface area contributed by atoms with Gasteiger partial charge in [0.1, 0.15) is 6.04 Å². The first-order valence-corrected chi connectivity index (χ1v) is 3.66. The molecule has 0 saturated heterocycles. The molecule has 1 heterocycles. The Labute approximate surface area is 65.2 Å². The average molecular weight is 147 g/mol. The Morgan fingerprint density at radius 3 is 2.55 bits per heavy atom. The van der Waals surface area contributed by atoms with E-state index in [4.69, 9.17) is 5.11 Å². The van der Waals surface area contributed by atoms with Crippen LogP contribution in [0.15, 0.2) is 35.3 Å². The van der Waals surface area contributed by atoms with E-state index < -0.39 is 0 Å². The van der Waals surface area contributed by atoms with Crippen LogP contribution in [0, 0.1) is 0 Å². The topological polar surface area (TPSA) is 32.6 Å². The zero-order valence-electron chi connectivity index (χ0n) is 6.07. The van der Waals surface area contributed by atoms with Crippen molar-refractivity contribution < 1.29 is 5.11 Å². The van der Waals surface area contributed by atoms with Gasteiger partial charge in [-0.1, -0.05) is 30.3 Å². The van der Waals surface area contributed by atoms with E-state index in [2.05, 4.69) is 4.99 Å². The lowest BCUT2D eigenvalue weighted by atomic mass is 10.1. The van der Waals surface area contributed by atoms with Crippen LogP contribution in [0.25, 0.3) is 0 Å². The number of hydrogen-bond acceptors (Lipinski definition) is 2. The van der Waals surface area contributed by atoms with Gasteiger partial charge in [0.15, 0.2) is 0 Å². The van der Waals surface area contributed by atoms with Crippen LogP contribution >= 0.6 is 0 Å². The second kappa shape index (κ2) is 2.47. The summed E-state index contributed by atoms with van der Waals surface area (Å²) in [5.74, 6) is 0. The minimum atomic E-state index is 0.0809. The summed E-state index contributed by atoms with van der Waals surface area (Å²) >= 11 is 0. The molecular weight excluding hydrogens is 138 g/mol. The molecule has 0 fully saturated rings. The summed E-state index contributed by atoms with van der Waals surface area (Å²) in [4.78, 5) is 4.11. The average Bonchev–Trinajstić information content (AvgIpc) is 2.85. The molecule has 11 heavy (non-hydrogen) atoms. The molecule has 0 spiro atoms. The van der Waals surface area contributed by atoms with Gasteiger partial charge in [-0.15, -0.1) is 0 Å². The van der Waals surface area contributed by atoms with Crippen LogP contribution in [0.1, 0.15) is 5.56 Å². The van der Waals surface area contributed by atoms with Gasteiger partial charge < -0.3 is 5.11 Å². The van der Waals surface area contributed by atoms with Gasteiger partial charge in [-0.05, 0) is 5.56 Å². The first kappa shape index (κ1) is 6.55. The van der Waals surface area contributed by atoms with Crippen LogP contribution in [0.5, 0.6) is 0 Å². The van der Waals surface area contributed by atoms with Crippen molar-refractivity contribution in [3.63, 3.8) is 0 Å². The summed E-state index contributed by atoms with van der Waals surface area (Å²) in [5.41, 5.74) is 2.17. The van der Waals surface area contributed by atoms with Gasteiger partial charge in [-0.3, -0.25) is 4.99 Å². The molecule has 0 saturated carbocycles. The molecule has 0 bridgehead atoms. The Balaban J connectivity index is 2.15. The van der Waals surface area contributed by atoms with E-state index in [1.807, 2.05) is 30.3 Å². The smallest absolute Gasteiger partial charge is 0.116 e. The number of aliphatic imine (C=N–C) groups is 1. The van der Waals surface area contributed by atoms with Crippen molar-refractivity contribution >= 4 is 5.71 Å². The van der Waals surface area contributed by atoms with E-state index in [1.54, 1.807) is 0 Å². The van der Waals surface area contributed by atoms with Gasteiger partial charge in [0.25, 0.3) is 0 Å². The second-order valence-corrected chi connectivity index (χ2v) is 2.58. The van der Waals surface area contributed by atoms with Gasteiger partial charge in [0, 0.05) is 0 Å². The molecule has 0 unspecified atom stereocenters. The third-order valence-corrected chi connectivity index (χ3v) is 1.79. The minimum Gasteiger partial charge on any atom is -0.394 e. The van der Waals surface area contributed by atoms with Crippen LogP contribution in [0.2, 0.25) is 0 Å². The zero-order valence-corrected chi connectivity index (χ0v) is 6.07. The lowest BCUT2D eigenvalue weighted by molar-refractivity contribution is 0.301. The molecule has 0 aliphatic carbocycles. The highest BCUT2D eigenvalue weighted by atomic mass is 16.3. The third-order valence-electron chi connectivity index (χ3n) is 1.79. The van der Waals surface area contributed by atoms with E-state index >= 15 is 0 Å². The fraction of sp³-hybridized carbons (Fsp3) is 0.222. The quantitative estimate of drug-likeness (QED) is 0.660. The number of aliphatic hydroxyl groups is 1. The molecule has 1 aliphatic heterocycles. The fourth-order valence-electron chi connectivity index (χ4n) is 1.13. The Hall–Kier alpha value is -1.15. The summed E-state index contributed by atoms with van der Waals surface area (Å²) in [5, 5.41) is 8.72. The van der Waals surface area contributed by atoms with Crippen LogP contribution in [0.3, 0.4) is 0 Å². The predicted octanol–water partition coefficient (Wildman–Crippen LogP) is 0.850. The monoisotopic (exact) mass is 147 g/mol. The number of rotatable bonds is 2. The van der Waals surface area contributed by atoms with Crippen LogP contribution in [-0.2, 0) is 0 Å². The van der Waals surface area contributed by atoms with Gasteiger partial charge >= 0.3 is 0 Å². The minimum absolute atomic E-state index is 0.0809. The summed E-state index contributed by atoms with van der Waals surface area (Å²) in [6, 6.07) is 10.0. The fourth-order valence-corrected chi connectivity index (χ4v) is 1.13. The molecule has 1 N–H and O–H groups in total. The summed E-state index contributed by atoms with van der Waals surface area (Å²) in [6.45, 7) is 0.143. The van der Waals surface area contributed by atoms with Gasteiger partial charge in [0.05, 0.1) is 12.3 Å². The van der Waals surface area contributed by atoms with Gasteiger partial charge in [0.2, 0.25) is 0 Å². The van der Waals surface area contributed by atoms with E-state index in [9.17, 15) is 0 Å². The van der Waals surface area contributed by atoms with Crippen molar-refractivity contribution in [2.45, 2.75) is 6.04 Å². The molecule has 1 aliphatic rings. The molecule has 2 heteroatoms. The maximum Gasteiger partial charge on any atom is 0.116 e. The van der Waals surface area contributed by atoms with Crippen molar-refractivity contribution in [2.24, 2.45) is 4.99 Å². The second-order valence-electron chi connectivity index (χ2n) is 2.58. The van der Waals surface area contributed by atoms with E-state index in [-0.39, 0.29) is 12.6 Å². The number of benzene rings is 1. The number of aliphatic hydroxyl groups excluding tert-OH is 1. The lowest BCUT2D eigenvalue weighted by Gasteiger charge is -1.91. The predicted molar refractivity (Wildman–Crippen MR) is 43.9 cm³/mol. The molecule has 1 atom stereocenters. The molecule has 0 aromatic heterocycles. The molecule has 2 nitrogen and oxygen atoms in total. The number of hydrogen-bond donors (Lipinski definition) is 1. The van der Waals surface area contributed by atoms with Gasteiger partial charge in [-0.2, -0.15) is 0 Å². The van der Waals surface area contributed by atoms with Crippen molar-refractivity contribution in [3.8, 4) is 0 Å². The SMILES string of the molecule is OC[C@H]1N=C1c1ccccc1. The Kier molecular flexibility index (Phi) is 1.47. The Bertz CT molecular complexity index is 279. The summed E-state index contributed by atoms with van der Waals surface area (Å²) in [6.07, 6.45) is 0. The van der Waals surface area contributed by atoms with Crippen LogP contribution in [-0.4, -0.2) is 23.5 Å². The maximum atomic E-state index is 8.72. The molecule has 0 radical (unpaired) electrons. The highest BCUT2D eigenvalue weighted by molar-refractivity contribution is 6.13. The Morgan fingerprint density at radius 2 is 2.00 bits per heavy atom. The molecule has 0 amide bonds. The van der Waals surface area contributed by atoms with E-state index in [1.165, 1.54) is 0 Å². The first-order chi connectivity index (χ1) is 5.42. The van der Waals surface area contributed by atoms with Crippen molar-refractivity contribution in [3.05, 3.63) is 35.9 Å². The van der Waals surface area contributed by atoms with Gasteiger partial charge in [-0.25, -0.2) is 0 Å². The van der Waals surface area contributed by atoms with E-state index in [0.717, 1.165) is 11.3 Å². The molecule has 1 aromatic rings. The largest absolute Gasteiger partial charge is 0.394 e. The van der Waals surface area contributed by atoms with Crippen molar-refractivity contribution in [1.29, 1.82) is 0 Å². The highest BCUT2D eigenvalue weighted by Gasteiger charge is 2.27. The normalized spacial score (nSPS) is 21.2. The van der Waals surface area contributed by atoms with Crippen LogP contribution in [0.4, 0.5) is 0 Å². The van der Waals surface area contributed by atoms with Crippen molar-refractivity contribution in [1.82, 2.24) is 0 Å². The van der Waals surface area contributed by atoms with Crippen molar-refractivity contribution in [2.75, 3.05) is 6.61 Å².